The predicted octanol–water partition coefficient (Wildman–Crippen LogP) is 3.69. The second-order valence-corrected chi connectivity index (χ2v) is 9.71. The zero-order chi connectivity index (χ0) is 26.4. The number of benzene rings is 2. The van der Waals surface area contributed by atoms with E-state index in [9.17, 15) is 14.7 Å². The van der Waals surface area contributed by atoms with Gasteiger partial charge in [-0.05, 0) is 49.9 Å². The highest BCUT2D eigenvalue weighted by Crippen LogP contribution is 2.31. The molecular weight excluding hydrogens is 468 g/mol. The molecule has 3 aromatic rings. The molecule has 0 saturated heterocycles. The van der Waals surface area contributed by atoms with E-state index in [1.54, 1.807) is 47.6 Å². The maximum absolute atomic E-state index is 13.6. The number of ether oxygens (including phenoxy) is 1. The van der Waals surface area contributed by atoms with Crippen LogP contribution in [0.25, 0.3) is 0 Å². The molecule has 0 fully saturated rings. The normalized spacial score (nSPS) is 18.4. The zero-order valence-corrected chi connectivity index (χ0v) is 21.5. The minimum atomic E-state index is -0.362. The summed E-state index contributed by atoms with van der Waals surface area (Å²) in [5.41, 5.74) is 2.52. The van der Waals surface area contributed by atoms with Crippen molar-refractivity contribution in [2.75, 3.05) is 32.1 Å². The van der Waals surface area contributed by atoms with Crippen LogP contribution in [0.5, 0.6) is 5.75 Å². The third kappa shape index (κ3) is 6.53. The number of fused-ring (bicyclic) bond motifs is 1. The molecule has 37 heavy (non-hydrogen) atoms. The molecule has 2 N–H and O–H groups in total. The number of carbonyl (C=O) groups excluding carboxylic acids is 2. The third-order valence-electron chi connectivity index (χ3n) is 6.65. The van der Waals surface area contributed by atoms with Gasteiger partial charge in [0.25, 0.3) is 11.8 Å². The fourth-order valence-electron chi connectivity index (χ4n) is 4.49. The smallest absolute Gasteiger partial charge is 0.258 e. The maximum atomic E-state index is 13.6. The Kier molecular flexibility index (Phi) is 8.53. The zero-order valence-electron chi connectivity index (χ0n) is 21.5. The largest absolute Gasteiger partial charge is 0.488 e. The molecule has 0 aliphatic carbocycles. The molecule has 1 aromatic heterocycles. The number of aromatic nitrogens is 1. The van der Waals surface area contributed by atoms with Crippen LogP contribution in [0.3, 0.4) is 0 Å². The van der Waals surface area contributed by atoms with Crippen LogP contribution in [0.2, 0.25) is 0 Å². The number of aliphatic hydroxyl groups is 1. The van der Waals surface area contributed by atoms with Crippen molar-refractivity contribution in [3.63, 3.8) is 0 Å². The Balaban J connectivity index is 1.60. The van der Waals surface area contributed by atoms with Crippen molar-refractivity contribution in [3.05, 3.63) is 89.7 Å². The van der Waals surface area contributed by atoms with Crippen molar-refractivity contribution in [1.29, 1.82) is 0 Å². The highest BCUT2D eigenvalue weighted by Gasteiger charge is 2.33. The number of amides is 2. The molecule has 1 aliphatic heterocycles. The number of carbonyl (C=O) groups is 2. The fraction of sp³-hybridized carbons (Fsp3) is 0.345. The average Bonchev–Trinajstić information content (AvgIpc) is 2.91. The second kappa shape index (κ2) is 12.0. The average molecular weight is 503 g/mol. The number of aliphatic hydroxyl groups excluding tert-OH is 1. The lowest BCUT2D eigenvalue weighted by molar-refractivity contribution is 0.0341. The lowest BCUT2D eigenvalue weighted by atomic mass is 9.99. The summed E-state index contributed by atoms with van der Waals surface area (Å²) >= 11 is 0. The number of rotatable bonds is 8. The van der Waals surface area contributed by atoms with E-state index in [1.165, 1.54) is 5.56 Å². The van der Waals surface area contributed by atoms with Crippen LogP contribution in [0, 0.1) is 5.92 Å². The quantitative estimate of drug-likeness (QED) is 0.488. The van der Waals surface area contributed by atoms with Gasteiger partial charge in [-0.25, -0.2) is 0 Å². The molecule has 0 bridgehead atoms. The van der Waals surface area contributed by atoms with Crippen LogP contribution in [-0.2, 0) is 6.54 Å². The first-order valence-corrected chi connectivity index (χ1v) is 12.5. The first kappa shape index (κ1) is 26.3. The van der Waals surface area contributed by atoms with E-state index in [2.05, 4.69) is 41.3 Å². The first-order valence-electron chi connectivity index (χ1n) is 12.5. The molecular formula is C29H34N4O4. The summed E-state index contributed by atoms with van der Waals surface area (Å²) in [5.74, 6) is -0.0437. The Labute approximate surface area is 217 Å². The first-order chi connectivity index (χ1) is 17.9. The molecule has 1 aliphatic rings. The van der Waals surface area contributed by atoms with Crippen LogP contribution < -0.4 is 10.1 Å². The van der Waals surface area contributed by atoms with Gasteiger partial charge in [0, 0.05) is 49.2 Å². The number of nitrogens with one attached hydrogen (secondary N) is 1. The standard InChI is InChI=1S/C29H34N4O4/c1-20-16-33(21(2)19-34)29(36)25-15-24(31-28(35)23-11-13-30-14-12-23)9-10-26(25)37-27(20)18-32(3)17-22-7-5-4-6-8-22/h4-15,20-21,27,34H,16-19H2,1-3H3,(H,31,35)/t20-,21+,27+/m1/s1. The van der Waals surface area contributed by atoms with E-state index in [4.69, 9.17) is 4.74 Å². The highest BCUT2D eigenvalue weighted by molar-refractivity contribution is 6.05. The van der Waals surface area contributed by atoms with E-state index >= 15 is 0 Å². The van der Waals surface area contributed by atoms with Gasteiger partial charge >= 0.3 is 0 Å². The van der Waals surface area contributed by atoms with Crippen molar-refractivity contribution in [1.82, 2.24) is 14.8 Å². The molecule has 2 aromatic carbocycles. The maximum Gasteiger partial charge on any atom is 0.258 e. The van der Waals surface area contributed by atoms with Crippen LogP contribution in [-0.4, -0.2) is 70.6 Å². The Bertz CT molecular complexity index is 1210. The molecule has 0 saturated carbocycles. The predicted molar refractivity (Wildman–Crippen MR) is 143 cm³/mol. The van der Waals surface area contributed by atoms with Gasteiger partial charge in [0.2, 0.25) is 0 Å². The summed E-state index contributed by atoms with van der Waals surface area (Å²) in [7, 11) is 2.06. The van der Waals surface area contributed by atoms with E-state index in [0.717, 1.165) is 6.54 Å². The molecule has 8 heteroatoms. The topological polar surface area (TPSA) is 95.0 Å². The van der Waals surface area contributed by atoms with Gasteiger partial charge in [-0.1, -0.05) is 37.3 Å². The van der Waals surface area contributed by atoms with Gasteiger partial charge in [-0.15, -0.1) is 0 Å². The van der Waals surface area contributed by atoms with E-state index in [0.29, 0.717) is 35.7 Å². The van der Waals surface area contributed by atoms with Crippen LogP contribution in [0.1, 0.15) is 40.1 Å². The summed E-state index contributed by atoms with van der Waals surface area (Å²) in [6.45, 7) is 5.63. The minimum Gasteiger partial charge on any atom is -0.488 e. The number of hydrogen-bond acceptors (Lipinski definition) is 6. The summed E-state index contributed by atoms with van der Waals surface area (Å²) in [6, 6.07) is 18.3. The number of nitrogens with zero attached hydrogens (tertiary/aromatic N) is 3. The summed E-state index contributed by atoms with van der Waals surface area (Å²) in [6.07, 6.45) is 2.92. The summed E-state index contributed by atoms with van der Waals surface area (Å²) in [4.78, 5) is 34.1. The fourth-order valence-corrected chi connectivity index (χ4v) is 4.49. The van der Waals surface area contributed by atoms with Crippen LogP contribution in [0.4, 0.5) is 5.69 Å². The number of hydrogen-bond donors (Lipinski definition) is 2. The molecule has 4 rings (SSSR count). The highest BCUT2D eigenvalue weighted by atomic mass is 16.5. The van der Waals surface area contributed by atoms with E-state index < -0.39 is 0 Å². The summed E-state index contributed by atoms with van der Waals surface area (Å²) < 4.78 is 6.46. The van der Waals surface area contributed by atoms with Gasteiger partial charge in [0.15, 0.2) is 0 Å². The number of likely N-dealkylation sites (N-methyl/N-ethyl adjacent to an activating group) is 1. The van der Waals surface area contributed by atoms with E-state index in [-0.39, 0.29) is 36.5 Å². The Morgan fingerprint density at radius 2 is 1.92 bits per heavy atom. The van der Waals surface area contributed by atoms with Crippen LogP contribution >= 0.6 is 0 Å². The Hall–Kier alpha value is -3.75. The number of pyridine rings is 1. The minimum absolute atomic E-state index is 0.0235. The van der Waals surface area contributed by atoms with Crippen molar-refractivity contribution < 1.29 is 19.4 Å². The third-order valence-corrected chi connectivity index (χ3v) is 6.65. The van der Waals surface area contributed by atoms with Crippen LogP contribution in [0.15, 0.2) is 73.1 Å². The molecule has 194 valence electrons. The molecule has 2 heterocycles. The molecule has 0 spiro atoms. The SMILES string of the molecule is C[C@@H]1CN([C@@H](C)CO)C(=O)c2cc(NC(=O)c3ccncc3)ccc2O[C@H]1CN(C)Cc1ccccc1. The lowest BCUT2D eigenvalue weighted by Gasteiger charge is -2.38. The Morgan fingerprint density at radius 1 is 1.19 bits per heavy atom. The molecule has 8 nitrogen and oxygen atoms in total. The van der Waals surface area contributed by atoms with Gasteiger partial charge in [-0.2, -0.15) is 0 Å². The monoisotopic (exact) mass is 502 g/mol. The number of anilines is 1. The second-order valence-electron chi connectivity index (χ2n) is 9.71. The lowest BCUT2D eigenvalue weighted by Crippen LogP contribution is -2.49. The van der Waals surface area contributed by atoms with E-state index in [1.807, 2.05) is 25.1 Å². The molecule has 2 amide bonds. The molecule has 0 unspecified atom stereocenters. The summed E-state index contributed by atoms with van der Waals surface area (Å²) in [5, 5.41) is 12.7. The van der Waals surface area contributed by atoms with Gasteiger partial charge in [-0.3, -0.25) is 19.5 Å². The Morgan fingerprint density at radius 3 is 2.62 bits per heavy atom. The van der Waals surface area contributed by atoms with Crippen molar-refractivity contribution >= 4 is 17.5 Å². The van der Waals surface area contributed by atoms with Crippen molar-refractivity contribution in [2.45, 2.75) is 32.5 Å². The van der Waals surface area contributed by atoms with Gasteiger partial charge in [0.1, 0.15) is 11.9 Å². The van der Waals surface area contributed by atoms with Crippen molar-refractivity contribution in [3.8, 4) is 5.75 Å². The molecule has 0 radical (unpaired) electrons. The van der Waals surface area contributed by atoms with Gasteiger partial charge < -0.3 is 20.1 Å². The van der Waals surface area contributed by atoms with Crippen molar-refractivity contribution in [2.24, 2.45) is 5.92 Å². The molecule has 3 atom stereocenters. The van der Waals surface area contributed by atoms with Gasteiger partial charge in [0.05, 0.1) is 18.2 Å².